The second-order valence-corrected chi connectivity index (χ2v) is 5.45. The zero-order valence-corrected chi connectivity index (χ0v) is 11.6. The summed E-state index contributed by atoms with van der Waals surface area (Å²) in [5.41, 5.74) is 2.78. The van der Waals surface area contributed by atoms with E-state index in [9.17, 15) is 14.4 Å². The maximum atomic E-state index is 11.8. The first kappa shape index (κ1) is 14.3. The van der Waals surface area contributed by atoms with Crippen molar-refractivity contribution >= 4 is 34.2 Å². The van der Waals surface area contributed by atoms with Gasteiger partial charge in [0, 0.05) is 4.88 Å². The van der Waals surface area contributed by atoms with E-state index in [1.807, 2.05) is 0 Å². The van der Waals surface area contributed by atoms with Gasteiger partial charge in [-0.2, -0.15) is 0 Å². The molecule has 0 unspecified atom stereocenters. The first-order valence-corrected chi connectivity index (χ1v) is 6.54. The Morgan fingerprint density at radius 2 is 2.15 bits per heavy atom. The van der Waals surface area contributed by atoms with Crippen LogP contribution in [-0.4, -0.2) is 35.7 Å². The summed E-state index contributed by atoms with van der Waals surface area (Å²) in [6.45, 7) is 3.48. The van der Waals surface area contributed by atoms with Crippen LogP contribution in [0.4, 0.5) is 9.80 Å². The number of anilines is 1. The van der Waals surface area contributed by atoms with Crippen molar-refractivity contribution in [3.63, 3.8) is 0 Å². The van der Waals surface area contributed by atoms with Gasteiger partial charge in [0.25, 0.3) is 5.91 Å². The van der Waals surface area contributed by atoms with Gasteiger partial charge in [-0.25, -0.2) is 15.1 Å². The SMILES string of the molecule is Cc1sc(NC(=O)N[C@@H]2CONC2=O)c(C(=O)O)c1C. The van der Waals surface area contributed by atoms with E-state index in [2.05, 4.69) is 21.0 Å². The normalized spacial score (nSPS) is 17.7. The van der Waals surface area contributed by atoms with Crippen LogP contribution in [0.3, 0.4) is 0 Å². The Balaban J connectivity index is 2.10. The van der Waals surface area contributed by atoms with Gasteiger partial charge < -0.3 is 10.4 Å². The van der Waals surface area contributed by atoms with Gasteiger partial charge in [-0.05, 0) is 19.4 Å². The van der Waals surface area contributed by atoms with E-state index in [4.69, 9.17) is 5.11 Å². The van der Waals surface area contributed by atoms with Crippen molar-refractivity contribution in [2.24, 2.45) is 0 Å². The van der Waals surface area contributed by atoms with E-state index in [1.54, 1.807) is 13.8 Å². The van der Waals surface area contributed by atoms with E-state index in [1.165, 1.54) is 11.3 Å². The number of hydroxylamine groups is 1. The summed E-state index contributed by atoms with van der Waals surface area (Å²) in [6, 6.07) is -1.44. The second-order valence-electron chi connectivity index (χ2n) is 4.22. The fourth-order valence-corrected chi connectivity index (χ4v) is 2.77. The molecule has 0 radical (unpaired) electrons. The molecule has 1 aromatic rings. The van der Waals surface area contributed by atoms with Crippen molar-refractivity contribution in [2.45, 2.75) is 19.9 Å². The van der Waals surface area contributed by atoms with Crippen LogP contribution >= 0.6 is 11.3 Å². The number of urea groups is 1. The summed E-state index contributed by atoms with van der Waals surface area (Å²) < 4.78 is 0. The van der Waals surface area contributed by atoms with Gasteiger partial charge in [-0.15, -0.1) is 11.3 Å². The highest BCUT2D eigenvalue weighted by Gasteiger charge is 2.28. The molecule has 2 heterocycles. The number of carboxylic acids is 1. The molecule has 1 saturated heterocycles. The molecule has 1 aliphatic rings. The summed E-state index contributed by atoms with van der Waals surface area (Å²) in [5, 5.41) is 14.2. The number of thiophene rings is 1. The number of carbonyl (C=O) groups excluding carboxylic acids is 2. The van der Waals surface area contributed by atoms with Gasteiger partial charge in [-0.1, -0.05) is 0 Å². The molecular weight excluding hydrogens is 286 g/mol. The van der Waals surface area contributed by atoms with Crippen LogP contribution < -0.4 is 16.1 Å². The van der Waals surface area contributed by atoms with Crippen LogP contribution in [0.15, 0.2) is 0 Å². The molecule has 1 atom stereocenters. The number of carbonyl (C=O) groups is 3. The quantitative estimate of drug-likeness (QED) is 0.652. The number of aromatic carboxylic acids is 1. The summed E-state index contributed by atoms with van der Waals surface area (Å²) in [4.78, 5) is 39.7. The van der Waals surface area contributed by atoms with Crippen LogP contribution in [0.1, 0.15) is 20.8 Å². The lowest BCUT2D eigenvalue weighted by Crippen LogP contribution is -2.43. The van der Waals surface area contributed by atoms with Crippen LogP contribution in [-0.2, 0) is 9.63 Å². The highest BCUT2D eigenvalue weighted by molar-refractivity contribution is 7.16. The van der Waals surface area contributed by atoms with Crippen LogP contribution in [0.2, 0.25) is 0 Å². The van der Waals surface area contributed by atoms with Crippen LogP contribution in [0, 0.1) is 13.8 Å². The molecule has 1 aliphatic heterocycles. The molecule has 4 N–H and O–H groups in total. The molecule has 20 heavy (non-hydrogen) atoms. The third-order valence-electron chi connectivity index (χ3n) is 2.87. The lowest BCUT2D eigenvalue weighted by atomic mass is 10.1. The maximum absolute atomic E-state index is 11.8. The Labute approximate surface area is 118 Å². The molecule has 3 amide bonds. The molecule has 9 heteroatoms. The molecule has 0 aliphatic carbocycles. The molecule has 0 bridgehead atoms. The molecule has 108 valence electrons. The fraction of sp³-hybridized carbons (Fsp3) is 0.364. The van der Waals surface area contributed by atoms with Crippen molar-refractivity contribution in [1.29, 1.82) is 0 Å². The Hall–Kier alpha value is -2.13. The Morgan fingerprint density at radius 1 is 1.45 bits per heavy atom. The predicted octanol–water partition coefficient (Wildman–Crippen LogP) is 0.615. The third kappa shape index (κ3) is 2.73. The number of carboxylic acid groups (broad SMARTS) is 1. The van der Waals surface area contributed by atoms with E-state index in [0.29, 0.717) is 5.56 Å². The smallest absolute Gasteiger partial charge is 0.338 e. The molecular formula is C11H13N3O5S. The van der Waals surface area contributed by atoms with Crippen molar-refractivity contribution in [3.05, 3.63) is 16.0 Å². The zero-order chi connectivity index (χ0) is 14.9. The van der Waals surface area contributed by atoms with E-state index in [-0.39, 0.29) is 17.2 Å². The number of rotatable bonds is 3. The highest BCUT2D eigenvalue weighted by atomic mass is 32.1. The zero-order valence-electron chi connectivity index (χ0n) is 10.8. The molecule has 8 nitrogen and oxygen atoms in total. The van der Waals surface area contributed by atoms with Gasteiger partial charge in [-0.3, -0.25) is 14.9 Å². The summed E-state index contributed by atoms with van der Waals surface area (Å²) in [5.74, 6) is -1.55. The van der Waals surface area contributed by atoms with Crippen molar-refractivity contribution in [3.8, 4) is 0 Å². The largest absolute Gasteiger partial charge is 0.478 e. The minimum absolute atomic E-state index is 0.0283. The number of hydrogen-bond acceptors (Lipinski definition) is 5. The molecule has 0 spiro atoms. The summed E-state index contributed by atoms with van der Waals surface area (Å²) >= 11 is 1.17. The van der Waals surface area contributed by atoms with Crippen molar-refractivity contribution in [2.75, 3.05) is 11.9 Å². The summed E-state index contributed by atoms with van der Waals surface area (Å²) in [6.07, 6.45) is 0. The Morgan fingerprint density at radius 3 is 2.70 bits per heavy atom. The van der Waals surface area contributed by atoms with Gasteiger partial charge >= 0.3 is 12.0 Å². The number of nitrogens with one attached hydrogen (secondary N) is 3. The minimum Gasteiger partial charge on any atom is -0.478 e. The predicted molar refractivity (Wildman–Crippen MR) is 70.8 cm³/mol. The maximum Gasteiger partial charge on any atom is 0.338 e. The van der Waals surface area contributed by atoms with E-state index >= 15 is 0 Å². The lowest BCUT2D eigenvalue weighted by Gasteiger charge is -2.09. The number of amides is 3. The monoisotopic (exact) mass is 299 g/mol. The fourth-order valence-electron chi connectivity index (χ4n) is 1.72. The minimum atomic E-state index is -1.11. The molecule has 0 saturated carbocycles. The third-order valence-corrected chi connectivity index (χ3v) is 3.99. The lowest BCUT2D eigenvalue weighted by molar-refractivity contribution is -0.124. The number of aryl methyl sites for hydroxylation is 1. The number of hydrogen-bond donors (Lipinski definition) is 4. The average molecular weight is 299 g/mol. The van der Waals surface area contributed by atoms with E-state index in [0.717, 1.165) is 4.88 Å². The summed E-state index contributed by atoms with van der Waals surface area (Å²) in [7, 11) is 0. The average Bonchev–Trinajstić information content (AvgIpc) is 2.85. The molecule has 0 aromatic carbocycles. The standard InChI is InChI=1S/C11H13N3O5S/c1-4-5(2)20-9(7(4)10(16)17)13-11(18)12-6-3-19-14-8(6)15/h6H,3H2,1-2H3,(H,14,15)(H,16,17)(H2,12,13,18)/t6-/m1/s1. The molecule has 1 fully saturated rings. The van der Waals surface area contributed by atoms with Gasteiger partial charge in [0.1, 0.15) is 17.6 Å². The molecule has 2 rings (SSSR count). The first-order valence-electron chi connectivity index (χ1n) is 5.72. The van der Waals surface area contributed by atoms with E-state index < -0.39 is 23.9 Å². The van der Waals surface area contributed by atoms with Crippen LogP contribution in [0.25, 0.3) is 0 Å². The Kier molecular flexibility index (Phi) is 3.91. The topological polar surface area (TPSA) is 117 Å². The van der Waals surface area contributed by atoms with Gasteiger partial charge in [0.15, 0.2) is 0 Å². The van der Waals surface area contributed by atoms with Gasteiger partial charge in [0.05, 0.1) is 5.56 Å². The first-order chi connectivity index (χ1) is 9.40. The van der Waals surface area contributed by atoms with Crippen molar-refractivity contribution < 1.29 is 24.3 Å². The van der Waals surface area contributed by atoms with Crippen molar-refractivity contribution in [1.82, 2.24) is 10.8 Å². The van der Waals surface area contributed by atoms with Crippen LogP contribution in [0.5, 0.6) is 0 Å². The Bertz CT molecular complexity index is 583. The van der Waals surface area contributed by atoms with Gasteiger partial charge in [0.2, 0.25) is 0 Å². The molecule has 1 aromatic heterocycles. The second kappa shape index (κ2) is 5.47. The highest BCUT2D eigenvalue weighted by Crippen LogP contribution is 2.32.